The molecule has 2 aromatic rings. The summed E-state index contributed by atoms with van der Waals surface area (Å²) in [5.41, 5.74) is 0.612. The summed E-state index contributed by atoms with van der Waals surface area (Å²) in [7, 11) is 0. The molecule has 4 nitrogen and oxygen atoms in total. The molecular weight excluding hydrogens is 271 g/mol. The molecule has 2 heterocycles. The van der Waals surface area contributed by atoms with Crippen LogP contribution in [0.3, 0.4) is 0 Å². The first-order valence-electron chi connectivity index (χ1n) is 7.28. The van der Waals surface area contributed by atoms with Gasteiger partial charge in [0, 0.05) is 31.2 Å². The number of halogens is 1. The first kappa shape index (κ1) is 14.2. The van der Waals surface area contributed by atoms with Crippen molar-refractivity contribution < 1.29 is 14.2 Å². The molecule has 21 heavy (non-hydrogen) atoms. The second-order valence-corrected chi connectivity index (χ2v) is 5.43. The quantitative estimate of drug-likeness (QED) is 0.908. The van der Waals surface area contributed by atoms with Crippen molar-refractivity contribution in [1.29, 1.82) is 0 Å². The number of aliphatic hydroxyl groups is 1. The normalized spacial score (nSPS) is 17.8. The largest absolute Gasteiger partial charge is 0.391 e. The van der Waals surface area contributed by atoms with E-state index in [4.69, 9.17) is 4.74 Å². The van der Waals surface area contributed by atoms with Crippen molar-refractivity contribution in [3.63, 3.8) is 0 Å². The molecular formula is C16H19FN2O2. The summed E-state index contributed by atoms with van der Waals surface area (Å²) in [5, 5.41) is 14.2. The van der Waals surface area contributed by atoms with E-state index in [0.717, 1.165) is 31.4 Å². The zero-order valence-corrected chi connectivity index (χ0v) is 11.8. The minimum absolute atomic E-state index is 0.268. The second kappa shape index (κ2) is 6.37. The predicted molar refractivity (Wildman–Crippen MR) is 79.7 cm³/mol. The van der Waals surface area contributed by atoms with Crippen molar-refractivity contribution in [2.24, 2.45) is 5.92 Å². The number of ether oxygens (including phenoxy) is 1. The van der Waals surface area contributed by atoms with Crippen LogP contribution in [0.5, 0.6) is 0 Å². The maximum atomic E-state index is 13.2. The Balaban J connectivity index is 1.64. The standard InChI is InChI=1S/C16H19FN2O2/c17-13-3-1-11-2-4-16(19-14(11)9-13)18-10-15(20)12-5-7-21-8-6-12/h1-4,9,12,15,20H,5-8,10H2,(H,18,19)/t15-/m0/s1. The van der Waals surface area contributed by atoms with Crippen molar-refractivity contribution in [3.8, 4) is 0 Å². The summed E-state index contributed by atoms with van der Waals surface area (Å²) < 4.78 is 18.5. The van der Waals surface area contributed by atoms with E-state index in [1.54, 1.807) is 6.07 Å². The van der Waals surface area contributed by atoms with Gasteiger partial charge < -0.3 is 15.2 Å². The minimum atomic E-state index is -0.418. The van der Waals surface area contributed by atoms with Gasteiger partial charge >= 0.3 is 0 Å². The molecule has 0 amide bonds. The van der Waals surface area contributed by atoms with Gasteiger partial charge in [0.1, 0.15) is 11.6 Å². The third-order valence-electron chi connectivity index (χ3n) is 3.96. The number of fused-ring (bicyclic) bond motifs is 1. The summed E-state index contributed by atoms with van der Waals surface area (Å²) in [6.07, 6.45) is 1.36. The van der Waals surface area contributed by atoms with Gasteiger partial charge in [-0.05, 0) is 43.0 Å². The van der Waals surface area contributed by atoms with Crippen molar-refractivity contribution >= 4 is 16.7 Å². The van der Waals surface area contributed by atoms with Crippen LogP contribution >= 0.6 is 0 Å². The first-order chi connectivity index (χ1) is 10.2. The number of hydrogen-bond donors (Lipinski definition) is 2. The molecule has 3 rings (SSSR count). The van der Waals surface area contributed by atoms with Gasteiger partial charge in [0.2, 0.25) is 0 Å². The van der Waals surface area contributed by atoms with E-state index in [0.29, 0.717) is 17.9 Å². The SMILES string of the molecule is O[C@@H](CNc1ccc2ccc(F)cc2n1)C1CCOCC1. The van der Waals surface area contributed by atoms with E-state index in [1.807, 2.05) is 12.1 Å². The number of aliphatic hydroxyl groups excluding tert-OH is 1. The molecule has 0 spiro atoms. The van der Waals surface area contributed by atoms with Crippen molar-refractivity contribution in [2.45, 2.75) is 18.9 Å². The zero-order chi connectivity index (χ0) is 14.7. The zero-order valence-electron chi connectivity index (χ0n) is 11.8. The minimum Gasteiger partial charge on any atom is -0.391 e. The fourth-order valence-corrected chi connectivity index (χ4v) is 2.67. The van der Waals surface area contributed by atoms with E-state index in [-0.39, 0.29) is 11.7 Å². The smallest absolute Gasteiger partial charge is 0.126 e. The number of nitrogens with zero attached hydrogens (tertiary/aromatic N) is 1. The molecule has 0 unspecified atom stereocenters. The van der Waals surface area contributed by atoms with Crippen LogP contribution in [0.15, 0.2) is 30.3 Å². The Hall–Kier alpha value is -1.72. The molecule has 1 aliphatic heterocycles. The van der Waals surface area contributed by atoms with Gasteiger partial charge in [-0.2, -0.15) is 0 Å². The van der Waals surface area contributed by atoms with Gasteiger partial charge in [0.15, 0.2) is 0 Å². The molecule has 0 saturated carbocycles. The number of nitrogens with one attached hydrogen (secondary N) is 1. The van der Waals surface area contributed by atoms with Crippen LogP contribution in [0.4, 0.5) is 10.2 Å². The van der Waals surface area contributed by atoms with E-state index < -0.39 is 6.10 Å². The summed E-state index contributed by atoms with van der Waals surface area (Å²) in [5.74, 6) is 0.623. The van der Waals surface area contributed by atoms with Gasteiger partial charge in [-0.3, -0.25) is 0 Å². The number of aromatic nitrogens is 1. The van der Waals surface area contributed by atoms with Crippen molar-refractivity contribution in [3.05, 3.63) is 36.1 Å². The molecule has 0 bridgehead atoms. The van der Waals surface area contributed by atoms with Gasteiger partial charge in [0.25, 0.3) is 0 Å². The van der Waals surface area contributed by atoms with Crippen LogP contribution in [0.1, 0.15) is 12.8 Å². The number of pyridine rings is 1. The molecule has 1 atom stereocenters. The molecule has 0 radical (unpaired) electrons. The van der Waals surface area contributed by atoms with Gasteiger partial charge in [0.05, 0.1) is 11.6 Å². The molecule has 112 valence electrons. The molecule has 1 aliphatic rings. The van der Waals surface area contributed by atoms with Gasteiger partial charge in [-0.1, -0.05) is 0 Å². The Morgan fingerprint density at radius 2 is 2.05 bits per heavy atom. The van der Waals surface area contributed by atoms with Crippen molar-refractivity contribution in [2.75, 3.05) is 25.1 Å². The van der Waals surface area contributed by atoms with E-state index in [2.05, 4.69) is 10.3 Å². The molecule has 1 aromatic carbocycles. The highest BCUT2D eigenvalue weighted by Crippen LogP contribution is 2.20. The summed E-state index contributed by atoms with van der Waals surface area (Å²) >= 11 is 0. The topological polar surface area (TPSA) is 54.4 Å². The predicted octanol–water partition coefficient (Wildman–Crippen LogP) is 2.57. The number of benzene rings is 1. The lowest BCUT2D eigenvalue weighted by Crippen LogP contribution is -2.32. The Kier molecular flexibility index (Phi) is 4.31. The fourth-order valence-electron chi connectivity index (χ4n) is 2.67. The summed E-state index contributed by atoms with van der Waals surface area (Å²) in [6.45, 7) is 1.88. The van der Waals surface area contributed by atoms with Crippen LogP contribution in [0.2, 0.25) is 0 Å². The van der Waals surface area contributed by atoms with Crippen LogP contribution in [0.25, 0.3) is 10.9 Å². The van der Waals surface area contributed by atoms with Crippen LogP contribution in [-0.4, -0.2) is 36.0 Å². The fraction of sp³-hybridized carbons (Fsp3) is 0.438. The average Bonchev–Trinajstić information content (AvgIpc) is 2.53. The monoisotopic (exact) mass is 290 g/mol. The first-order valence-corrected chi connectivity index (χ1v) is 7.28. The van der Waals surface area contributed by atoms with Crippen LogP contribution in [0, 0.1) is 11.7 Å². The molecule has 2 N–H and O–H groups in total. The van der Waals surface area contributed by atoms with Crippen LogP contribution < -0.4 is 5.32 Å². The number of anilines is 1. The van der Waals surface area contributed by atoms with Crippen molar-refractivity contribution in [1.82, 2.24) is 4.98 Å². The van der Waals surface area contributed by atoms with Crippen LogP contribution in [-0.2, 0) is 4.74 Å². The molecule has 1 fully saturated rings. The maximum Gasteiger partial charge on any atom is 0.126 e. The maximum absolute atomic E-state index is 13.2. The Morgan fingerprint density at radius 3 is 2.86 bits per heavy atom. The molecule has 5 heteroatoms. The van der Waals surface area contributed by atoms with Gasteiger partial charge in [-0.15, -0.1) is 0 Å². The number of hydrogen-bond acceptors (Lipinski definition) is 4. The Bertz CT molecular complexity index is 614. The Morgan fingerprint density at radius 1 is 1.29 bits per heavy atom. The Labute approximate surface area is 123 Å². The van der Waals surface area contributed by atoms with E-state index in [1.165, 1.54) is 12.1 Å². The highest BCUT2D eigenvalue weighted by molar-refractivity contribution is 5.80. The van der Waals surface area contributed by atoms with E-state index in [9.17, 15) is 9.50 Å². The van der Waals surface area contributed by atoms with E-state index >= 15 is 0 Å². The average molecular weight is 290 g/mol. The molecule has 0 aliphatic carbocycles. The lowest BCUT2D eigenvalue weighted by atomic mass is 9.94. The number of rotatable bonds is 4. The molecule has 1 aromatic heterocycles. The molecule has 1 saturated heterocycles. The summed E-state index contributed by atoms with van der Waals surface area (Å²) in [6, 6.07) is 8.28. The lowest BCUT2D eigenvalue weighted by Gasteiger charge is -2.26. The summed E-state index contributed by atoms with van der Waals surface area (Å²) in [4.78, 5) is 4.37. The lowest BCUT2D eigenvalue weighted by molar-refractivity contribution is 0.0131. The highest BCUT2D eigenvalue weighted by Gasteiger charge is 2.21. The second-order valence-electron chi connectivity index (χ2n) is 5.43. The third kappa shape index (κ3) is 3.49. The highest BCUT2D eigenvalue weighted by atomic mass is 19.1. The van der Waals surface area contributed by atoms with Gasteiger partial charge in [-0.25, -0.2) is 9.37 Å². The third-order valence-corrected chi connectivity index (χ3v) is 3.96.